The van der Waals surface area contributed by atoms with Crippen molar-refractivity contribution >= 4 is 5.97 Å². The van der Waals surface area contributed by atoms with Crippen molar-refractivity contribution in [3.63, 3.8) is 0 Å². The molecule has 29 heavy (non-hydrogen) atoms. The van der Waals surface area contributed by atoms with E-state index < -0.39 is 5.97 Å². The number of carboxylic acids is 1. The Labute approximate surface area is 183 Å². The molecule has 0 heterocycles. The molecule has 0 aliphatic carbocycles. The summed E-state index contributed by atoms with van der Waals surface area (Å²) >= 11 is 0. The van der Waals surface area contributed by atoms with E-state index in [1.165, 1.54) is 120 Å². The molecule has 3 heteroatoms. The Morgan fingerprint density at radius 1 is 0.621 bits per heavy atom. The first-order valence-corrected chi connectivity index (χ1v) is 13.1. The van der Waals surface area contributed by atoms with Crippen LogP contribution in [0, 0.1) is 0 Å². The highest BCUT2D eigenvalue weighted by Crippen LogP contribution is 2.15. The quantitative estimate of drug-likeness (QED) is 0.227. The van der Waals surface area contributed by atoms with Crippen LogP contribution in [-0.2, 0) is 4.79 Å². The van der Waals surface area contributed by atoms with Gasteiger partial charge in [0, 0.05) is 12.4 Å². The van der Waals surface area contributed by atoms with E-state index in [2.05, 4.69) is 6.92 Å². The number of rotatable bonds is 23. The van der Waals surface area contributed by atoms with E-state index in [-0.39, 0.29) is 12.5 Å². The van der Waals surface area contributed by atoms with Crippen LogP contribution in [0.3, 0.4) is 0 Å². The molecule has 0 spiro atoms. The molecule has 0 aromatic carbocycles. The standard InChI is InChI=1S/C26H53NO2/c1-4-5-6-7-8-9-10-11-12-13-14-15-16-17-18-19-20-21-22-23-25(27(2)3)24-26(28)29/h25H,4-24H2,1-3H3,(H,28,29). The Morgan fingerprint density at radius 3 is 1.21 bits per heavy atom. The molecule has 0 aromatic rings. The number of hydrogen-bond acceptors (Lipinski definition) is 2. The van der Waals surface area contributed by atoms with Crippen molar-refractivity contribution in [2.75, 3.05) is 14.1 Å². The van der Waals surface area contributed by atoms with E-state index in [1.54, 1.807) is 0 Å². The summed E-state index contributed by atoms with van der Waals surface area (Å²) in [4.78, 5) is 12.0. The number of hydrogen-bond donors (Lipinski definition) is 1. The number of carbonyl (C=O) groups excluding carboxylic acids is 1. The maximum absolute atomic E-state index is 10.8. The van der Waals surface area contributed by atoms with E-state index in [9.17, 15) is 9.90 Å². The second-order valence-corrected chi connectivity index (χ2v) is 9.50. The lowest BCUT2D eigenvalue weighted by atomic mass is 10.0. The molecular formula is C26H53NO2. The van der Waals surface area contributed by atoms with Gasteiger partial charge in [-0.15, -0.1) is 0 Å². The van der Waals surface area contributed by atoms with Gasteiger partial charge in [0.25, 0.3) is 0 Å². The first-order chi connectivity index (χ1) is 14.1. The third kappa shape index (κ3) is 21.9. The lowest BCUT2D eigenvalue weighted by molar-refractivity contribution is -0.885. The highest BCUT2D eigenvalue weighted by atomic mass is 16.4. The molecule has 0 fully saturated rings. The van der Waals surface area contributed by atoms with E-state index in [4.69, 9.17) is 0 Å². The Morgan fingerprint density at radius 2 is 0.931 bits per heavy atom. The minimum atomic E-state index is -0.908. The zero-order valence-corrected chi connectivity index (χ0v) is 20.2. The molecular weight excluding hydrogens is 358 g/mol. The number of carbonyl (C=O) groups is 1. The van der Waals surface area contributed by atoms with E-state index in [1.807, 2.05) is 14.1 Å². The van der Waals surface area contributed by atoms with Gasteiger partial charge in [-0.1, -0.05) is 122 Å². The smallest absolute Gasteiger partial charge is 0.0923 e. The summed E-state index contributed by atoms with van der Waals surface area (Å²) in [5, 5.41) is 10.8. The molecule has 0 bridgehead atoms. The third-order valence-corrected chi connectivity index (χ3v) is 6.39. The van der Waals surface area contributed by atoms with Gasteiger partial charge >= 0.3 is 0 Å². The Hall–Kier alpha value is -0.570. The maximum atomic E-state index is 10.8. The summed E-state index contributed by atoms with van der Waals surface area (Å²) in [6.07, 6.45) is 27.7. The Bertz CT molecular complexity index is 344. The lowest BCUT2D eigenvalue weighted by Crippen LogP contribution is -3.10. The van der Waals surface area contributed by atoms with Gasteiger partial charge in [-0.3, -0.25) is 0 Å². The Kier molecular flexibility index (Phi) is 21.7. The third-order valence-electron chi connectivity index (χ3n) is 6.39. The molecule has 1 atom stereocenters. The second kappa shape index (κ2) is 22.1. The monoisotopic (exact) mass is 411 g/mol. The molecule has 174 valence electrons. The summed E-state index contributed by atoms with van der Waals surface area (Å²) in [5.41, 5.74) is 0. The number of quaternary nitrogens is 1. The average molecular weight is 412 g/mol. The van der Waals surface area contributed by atoms with Gasteiger partial charge in [-0.25, -0.2) is 0 Å². The molecule has 0 aromatic heterocycles. The van der Waals surface area contributed by atoms with Crippen molar-refractivity contribution < 1.29 is 14.8 Å². The summed E-state index contributed by atoms with van der Waals surface area (Å²) in [5.74, 6) is -0.908. The summed E-state index contributed by atoms with van der Waals surface area (Å²) in [7, 11) is 4.09. The van der Waals surface area contributed by atoms with Gasteiger partial charge in [0.1, 0.15) is 0 Å². The molecule has 0 radical (unpaired) electrons. The van der Waals surface area contributed by atoms with Crippen molar-refractivity contribution in [1.82, 2.24) is 0 Å². The van der Waals surface area contributed by atoms with Crippen molar-refractivity contribution in [2.24, 2.45) is 0 Å². The number of carboxylic acid groups (broad SMARTS) is 1. The van der Waals surface area contributed by atoms with E-state index in [0.29, 0.717) is 0 Å². The first kappa shape index (κ1) is 28.4. The number of unbranched alkanes of at least 4 members (excludes halogenated alkanes) is 18. The van der Waals surface area contributed by atoms with Crippen LogP contribution in [-0.4, -0.2) is 26.1 Å². The van der Waals surface area contributed by atoms with Crippen LogP contribution in [0.25, 0.3) is 0 Å². The highest BCUT2D eigenvalue weighted by molar-refractivity contribution is 5.64. The van der Waals surface area contributed by atoms with Gasteiger partial charge in [-0.05, 0) is 12.8 Å². The zero-order valence-electron chi connectivity index (χ0n) is 20.2. The summed E-state index contributed by atoms with van der Waals surface area (Å²) in [6, 6.07) is 0.214. The summed E-state index contributed by atoms with van der Waals surface area (Å²) < 4.78 is 0. The van der Waals surface area contributed by atoms with Crippen LogP contribution in [0.1, 0.15) is 142 Å². The largest absolute Gasteiger partial charge is 0.550 e. The van der Waals surface area contributed by atoms with Crippen LogP contribution in [0.5, 0.6) is 0 Å². The van der Waals surface area contributed by atoms with Crippen molar-refractivity contribution in [1.29, 1.82) is 0 Å². The predicted molar refractivity (Wildman–Crippen MR) is 124 cm³/mol. The van der Waals surface area contributed by atoms with Crippen molar-refractivity contribution in [3.05, 3.63) is 0 Å². The van der Waals surface area contributed by atoms with Crippen LogP contribution >= 0.6 is 0 Å². The molecule has 0 saturated heterocycles. The Balaban J connectivity index is 3.21. The molecule has 1 N–H and O–H groups in total. The SMILES string of the molecule is CCCCCCCCCCCCCCCCCCCCCC(CC(=O)[O-])[NH+](C)C. The topological polar surface area (TPSA) is 44.6 Å². The molecule has 0 aliphatic rings. The second-order valence-electron chi connectivity index (χ2n) is 9.50. The highest BCUT2D eigenvalue weighted by Gasteiger charge is 2.14. The minimum Gasteiger partial charge on any atom is -0.550 e. The normalized spacial score (nSPS) is 12.6. The molecule has 0 aliphatic heterocycles. The average Bonchev–Trinajstić information content (AvgIpc) is 2.68. The van der Waals surface area contributed by atoms with Crippen LogP contribution < -0.4 is 10.0 Å². The molecule has 0 amide bonds. The van der Waals surface area contributed by atoms with Crippen molar-refractivity contribution in [3.8, 4) is 0 Å². The van der Waals surface area contributed by atoms with E-state index >= 15 is 0 Å². The fourth-order valence-corrected chi connectivity index (χ4v) is 4.27. The van der Waals surface area contributed by atoms with Gasteiger partial charge in [-0.2, -0.15) is 0 Å². The molecule has 0 rings (SSSR count). The van der Waals surface area contributed by atoms with Crippen LogP contribution in [0.4, 0.5) is 0 Å². The van der Waals surface area contributed by atoms with Crippen molar-refractivity contribution in [2.45, 2.75) is 148 Å². The fraction of sp³-hybridized carbons (Fsp3) is 0.962. The summed E-state index contributed by atoms with van der Waals surface area (Å²) in [6.45, 7) is 2.29. The van der Waals surface area contributed by atoms with Gasteiger partial charge in [0.15, 0.2) is 0 Å². The van der Waals surface area contributed by atoms with E-state index in [0.717, 1.165) is 12.8 Å². The van der Waals surface area contributed by atoms with Gasteiger partial charge in [0.05, 0.1) is 20.1 Å². The lowest BCUT2D eigenvalue weighted by Gasteiger charge is -2.21. The van der Waals surface area contributed by atoms with Gasteiger partial charge in [0.2, 0.25) is 0 Å². The molecule has 1 unspecified atom stereocenters. The van der Waals surface area contributed by atoms with Crippen LogP contribution in [0.2, 0.25) is 0 Å². The first-order valence-electron chi connectivity index (χ1n) is 13.1. The number of nitrogens with one attached hydrogen (secondary N) is 1. The maximum Gasteiger partial charge on any atom is 0.0923 e. The molecule has 3 nitrogen and oxygen atoms in total. The molecule has 0 saturated carbocycles. The van der Waals surface area contributed by atoms with Gasteiger partial charge < -0.3 is 14.8 Å². The van der Waals surface area contributed by atoms with Crippen LogP contribution in [0.15, 0.2) is 0 Å². The fourth-order valence-electron chi connectivity index (χ4n) is 4.27. The predicted octanol–water partition coefficient (Wildman–Crippen LogP) is 5.46. The number of aliphatic carboxylic acids is 1. The minimum absolute atomic E-state index is 0.196. The zero-order chi connectivity index (χ0) is 21.6.